The highest BCUT2D eigenvalue weighted by molar-refractivity contribution is 7.92. The highest BCUT2D eigenvalue weighted by Gasteiger charge is 2.36. The Morgan fingerprint density at radius 2 is 1.68 bits per heavy atom. The third kappa shape index (κ3) is 5.98. The lowest BCUT2D eigenvalue weighted by Crippen LogP contribution is -2.41. The Labute approximate surface area is 209 Å². The van der Waals surface area contributed by atoms with Crippen LogP contribution >= 0.6 is 0 Å². The fraction of sp³-hybridized carbons (Fsp3) is 0.333. The molecule has 1 aliphatic heterocycles. The van der Waals surface area contributed by atoms with Gasteiger partial charge in [-0.2, -0.15) is 0 Å². The number of imide groups is 1. The first-order chi connectivity index (χ1) is 17.3. The molecule has 196 valence electrons. The van der Waals surface area contributed by atoms with Crippen molar-refractivity contribution in [1.29, 1.82) is 0 Å². The number of alkyl halides is 3. The molecule has 2 atom stereocenters. The number of nitrogens with one attached hydrogen (secondary N) is 2. The molecular weight excluding hydrogens is 517 g/mol. The summed E-state index contributed by atoms with van der Waals surface area (Å²) >= 11 is 0. The number of amides is 2. The molecule has 2 N–H and O–H groups in total. The Hall–Kier alpha value is -3.74. The van der Waals surface area contributed by atoms with E-state index in [4.69, 9.17) is 0 Å². The Kier molecular flexibility index (Phi) is 7.09. The van der Waals surface area contributed by atoms with E-state index in [9.17, 15) is 40.8 Å². The summed E-state index contributed by atoms with van der Waals surface area (Å²) < 4.78 is 69.6. The fourth-order valence-corrected chi connectivity index (χ4v) is 5.62. The number of hydrogen-bond acceptors (Lipinski definition) is 7. The normalized spacial score (nSPS) is 20.3. The lowest BCUT2D eigenvalue weighted by Gasteiger charge is -2.26. The van der Waals surface area contributed by atoms with Crippen molar-refractivity contribution >= 4 is 39.1 Å². The van der Waals surface area contributed by atoms with Gasteiger partial charge in [0.1, 0.15) is 10.6 Å². The number of sulfonamides is 1. The molecule has 2 unspecified atom stereocenters. The average molecular weight is 539 g/mol. The maximum Gasteiger partial charge on any atom is 0.573 e. The standard InChI is InChI=1S/C24H21F3N2O7S/c25-24(26,27)36-19-3-1-2-4-20(19)37(34,35)29-15-8-9-16-17(12-15)18(30)11-14(22(16)32)6-5-13-7-10-21(31)28-23(13)33/h1-4,8-9,12-14,29H,5-7,10-11H2,(H,28,31,33). The average Bonchev–Trinajstić information content (AvgIpc) is 2.80. The first-order valence-electron chi connectivity index (χ1n) is 11.3. The first kappa shape index (κ1) is 26.3. The molecule has 2 aliphatic rings. The number of piperidine rings is 1. The second-order valence-corrected chi connectivity index (χ2v) is 10.4. The van der Waals surface area contributed by atoms with E-state index >= 15 is 0 Å². The Morgan fingerprint density at radius 1 is 0.973 bits per heavy atom. The maximum atomic E-state index is 13.0. The molecule has 1 heterocycles. The van der Waals surface area contributed by atoms with Gasteiger partial charge in [0.05, 0.1) is 0 Å². The molecule has 37 heavy (non-hydrogen) atoms. The van der Waals surface area contributed by atoms with E-state index in [1.807, 2.05) is 0 Å². The van der Waals surface area contributed by atoms with E-state index in [0.29, 0.717) is 12.8 Å². The summed E-state index contributed by atoms with van der Waals surface area (Å²) in [5.41, 5.74) is -0.0423. The van der Waals surface area contributed by atoms with Crippen LogP contribution in [0.1, 0.15) is 52.8 Å². The number of carbonyl (C=O) groups excluding carboxylic acids is 4. The van der Waals surface area contributed by atoms with Gasteiger partial charge in [0.15, 0.2) is 11.6 Å². The summed E-state index contributed by atoms with van der Waals surface area (Å²) in [4.78, 5) is 48.3. The largest absolute Gasteiger partial charge is 0.573 e. The SMILES string of the molecule is O=C1CCC(CCC2CC(=O)c3cc(NS(=O)(=O)c4ccccc4OC(F)(F)F)ccc3C2=O)C(=O)N1. The minimum Gasteiger partial charge on any atom is -0.404 e. The van der Waals surface area contributed by atoms with Crippen molar-refractivity contribution < 1.29 is 45.5 Å². The lowest BCUT2D eigenvalue weighted by atomic mass is 9.78. The minimum atomic E-state index is -5.11. The zero-order chi connectivity index (χ0) is 27.0. The summed E-state index contributed by atoms with van der Waals surface area (Å²) in [6.45, 7) is 0. The predicted molar refractivity (Wildman–Crippen MR) is 122 cm³/mol. The molecule has 2 aromatic carbocycles. The number of fused-ring (bicyclic) bond motifs is 1. The van der Waals surface area contributed by atoms with Crippen LogP contribution in [0.15, 0.2) is 47.4 Å². The van der Waals surface area contributed by atoms with Crippen LogP contribution in [-0.4, -0.2) is 38.2 Å². The first-order valence-corrected chi connectivity index (χ1v) is 12.7. The van der Waals surface area contributed by atoms with Gasteiger partial charge in [-0.05, 0) is 49.6 Å². The van der Waals surface area contributed by atoms with E-state index in [1.54, 1.807) is 0 Å². The van der Waals surface area contributed by atoms with Gasteiger partial charge >= 0.3 is 6.36 Å². The summed E-state index contributed by atoms with van der Waals surface area (Å²) in [6.07, 6.45) is -4.08. The predicted octanol–water partition coefficient (Wildman–Crippen LogP) is 3.60. The van der Waals surface area contributed by atoms with Crippen LogP contribution < -0.4 is 14.8 Å². The smallest absolute Gasteiger partial charge is 0.404 e. The monoisotopic (exact) mass is 538 g/mol. The zero-order valence-corrected chi connectivity index (χ0v) is 19.9. The second-order valence-electron chi connectivity index (χ2n) is 8.77. The lowest BCUT2D eigenvalue weighted by molar-refractivity contribution is -0.275. The van der Waals surface area contributed by atoms with Gasteiger partial charge in [0, 0.05) is 41.5 Å². The van der Waals surface area contributed by atoms with Crippen LogP contribution in [0, 0.1) is 11.8 Å². The van der Waals surface area contributed by atoms with Crippen molar-refractivity contribution in [3.8, 4) is 5.75 Å². The van der Waals surface area contributed by atoms with Crippen LogP contribution in [-0.2, 0) is 19.6 Å². The third-order valence-electron chi connectivity index (χ3n) is 6.22. The van der Waals surface area contributed by atoms with Crippen LogP contribution in [0.5, 0.6) is 5.75 Å². The molecule has 4 rings (SSSR count). The van der Waals surface area contributed by atoms with Gasteiger partial charge in [0.2, 0.25) is 11.8 Å². The number of para-hydroxylation sites is 1. The Balaban J connectivity index is 1.50. The van der Waals surface area contributed by atoms with Crippen molar-refractivity contribution in [3.05, 3.63) is 53.6 Å². The van der Waals surface area contributed by atoms with Gasteiger partial charge in [-0.1, -0.05) is 12.1 Å². The molecule has 2 amide bonds. The van der Waals surface area contributed by atoms with Crippen LogP contribution in [0.2, 0.25) is 0 Å². The maximum absolute atomic E-state index is 13.0. The summed E-state index contributed by atoms with van der Waals surface area (Å²) in [5.74, 6) is -3.51. The molecule has 1 aliphatic carbocycles. The fourth-order valence-electron chi connectivity index (χ4n) is 4.44. The Morgan fingerprint density at radius 3 is 2.38 bits per heavy atom. The van der Waals surface area contributed by atoms with E-state index < -0.39 is 50.6 Å². The Bertz CT molecular complexity index is 1390. The number of benzene rings is 2. The van der Waals surface area contributed by atoms with Gasteiger partial charge < -0.3 is 4.74 Å². The van der Waals surface area contributed by atoms with E-state index in [0.717, 1.165) is 18.2 Å². The van der Waals surface area contributed by atoms with Crippen LogP contribution in [0.3, 0.4) is 0 Å². The molecule has 0 bridgehead atoms. The zero-order valence-electron chi connectivity index (χ0n) is 19.1. The molecule has 0 aromatic heterocycles. The number of rotatable bonds is 7. The number of anilines is 1. The molecular formula is C24H21F3N2O7S. The van der Waals surface area contributed by atoms with Crippen LogP contribution in [0.4, 0.5) is 18.9 Å². The molecule has 13 heteroatoms. The molecule has 0 radical (unpaired) electrons. The highest BCUT2D eigenvalue weighted by Crippen LogP contribution is 2.34. The van der Waals surface area contributed by atoms with Crippen molar-refractivity contribution in [2.24, 2.45) is 11.8 Å². The van der Waals surface area contributed by atoms with Crippen molar-refractivity contribution in [3.63, 3.8) is 0 Å². The molecule has 1 saturated heterocycles. The third-order valence-corrected chi connectivity index (χ3v) is 7.64. The second kappa shape index (κ2) is 9.96. The summed E-state index contributed by atoms with van der Waals surface area (Å²) in [5, 5.41) is 2.25. The van der Waals surface area contributed by atoms with E-state index in [-0.39, 0.29) is 47.8 Å². The van der Waals surface area contributed by atoms with Crippen molar-refractivity contribution in [2.45, 2.75) is 43.4 Å². The number of hydrogen-bond donors (Lipinski definition) is 2. The number of halogens is 3. The van der Waals surface area contributed by atoms with Crippen molar-refractivity contribution in [2.75, 3.05) is 4.72 Å². The number of ether oxygens (including phenoxy) is 1. The molecule has 0 saturated carbocycles. The van der Waals surface area contributed by atoms with Crippen molar-refractivity contribution in [1.82, 2.24) is 5.32 Å². The van der Waals surface area contributed by atoms with Gasteiger partial charge in [-0.15, -0.1) is 13.2 Å². The molecule has 2 aromatic rings. The minimum absolute atomic E-state index is 0.0118. The number of carbonyl (C=O) groups is 4. The van der Waals surface area contributed by atoms with Gasteiger partial charge in [-0.3, -0.25) is 29.2 Å². The molecule has 0 spiro atoms. The van der Waals surface area contributed by atoms with Crippen LogP contribution in [0.25, 0.3) is 0 Å². The number of ketones is 2. The highest BCUT2D eigenvalue weighted by atomic mass is 32.2. The van der Waals surface area contributed by atoms with Gasteiger partial charge in [-0.25, -0.2) is 8.42 Å². The van der Waals surface area contributed by atoms with E-state index in [1.165, 1.54) is 24.3 Å². The summed E-state index contributed by atoms with van der Waals surface area (Å²) in [6, 6.07) is 7.87. The van der Waals surface area contributed by atoms with E-state index in [2.05, 4.69) is 14.8 Å². The van der Waals surface area contributed by atoms with Gasteiger partial charge in [0.25, 0.3) is 10.0 Å². The quantitative estimate of drug-likeness (QED) is 0.514. The topological polar surface area (TPSA) is 136 Å². The molecule has 9 nitrogen and oxygen atoms in total. The number of Topliss-reactive ketones (excluding diaryl/α,β-unsaturated/α-hetero) is 2. The summed E-state index contributed by atoms with van der Waals surface area (Å²) in [7, 11) is -4.55. The molecule has 1 fully saturated rings.